The van der Waals surface area contributed by atoms with Crippen molar-refractivity contribution < 1.29 is 9.84 Å². The van der Waals surface area contributed by atoms with Crippen LogP contribution in [-0.2, 0) is 17.7 Å². The van der Waals surface area contributed by atoms with Crippen molar-refractivity contribution in [2.75, 3.05) is 25.6 Å². The maximum absolute atomic E-state index is 8.73. The highest BCUT2D eigenvalue weighted by molar-refractivity contribution is 5.30. The fourth-order valence-corrected chi connectivity index (χ4v) is 1.20. The van der Waals surface area contributed by atoms with Gasteiger partial charge in [0.25, 0.3) is 0 Å². The molecule has 1 heterocycles. The van der Waals surface area contributed by atoms with Crippen LogP contribution in [0.15, 0.2) is 6.07 Å². The molecule has 0 atom stereocenters. The second-order valence-electron chi connectivity index (χ2n) is 2.95. The van der Waals surface area contributed by atoms with E-state index in [9.17, 15) is 0 Å². The van der Waals surface area contributed by atoms with E-state index in [1.54, 1.807) is 4.68 Å². The summed E-state index contributed by atoms with van der Waals surface area (Å²) in [5.41, 5.74) is 6.59. The molecule has 1 aromatic rings. The van der Waals surface area contributed by atoms with Gasteiger partial charge in [-0.2, -0.15) is 5.10 Å². The molecule has 0 spiro atoms. The summed E-state index contributed by atoms with van der Waals surface area (Å²) in [6.07, 6.45) is 0.760. The SMILES string of the molecule is CCOCCc1cc(N)n(CCO)n1. The van der Waals surface area contributed by atoms with E-state index in [1.165, 1.54) is 0 Å². The molecule has 1 rings (SSSR count). The number of aliphatic hydroxyl groups is 1. The summed E-state index contributed by atoms with van der Waals surface area (Å²) in [6, 6.07) is 1.81. The number of anilines is 1. The van der Waals surface area contributed by atoms with Crippen molar-refractivity contribution >= 4 is 5.82 Å². The van der Waals surface area contributed by atoms with Crippen molar-refractivity contribution in [3.63, 3.8) is 0 Å². The number of hydrogen-bond donors (Lipinski definition) is 2. The fourth-order valence-electron chi connectivity index (χ4n) is 1.20. The third-order valence-corrected chi connectivity index (χ3v) is 1.88. The van der Waals surface area contributed by atoms with Gasteiger partial charge >= 0.3 is 0 Å². The van der Waals surface area contributed by atoms with Crippen LogP contribution < -0.4 is 5.73 Å². The molecule has 0 fully saturated rings. The van der Waals surface area contributed by atoms with Crippen molar-refractivity contribution in [2.45, 2.75) is 19.9 Å². The van der Waals surface area contributed by atoms with Gasteiger partial charge in [0.15, 0.2) is 0 Å². The van der Waals surface area contributed by atoms with Gasteiger partial charge in [-0.05, 0) is 6.92 Å². The van der Waals surface area contributed by atoms with Gasteiger partial charge in [-0.3, -0.25) is 0 Å². The number of hydrogen-bond acceptors (Lipinski definition) is 4. The average molecular weight is 199 g/mol. The third-order valence-electron chi connectivity index (χ3n) is 1.88. The Bertz CT molecular complexity index is 273. The minimum atomic E-state index is 0.0524. The Morgan fingerprint density at radius 2 is 2.43 bits per heavy atom. The van der Waals surface area contributed by atoms with Gasteiger partial charge in [-0.15, -0.1) is 0 Å². The zero-order valence-corrected chi connectivity index (χ0v) is 8.44. The first-order valence-corrected chi connectivity index (χ1v) is 4.78. The molecule has 0 saturated heterocycles. The van der Waals surface area contributed by atoms with Gasteiger partial charge in [0.2, 0.25) is 0 Å². The van der Waals surface area contributed by atoms with Crippen molar-refractivity contribution in [3.8, 4) is 0 Å². The molecule has 0 aliphatic heterocycles. The maximum Gasteiger partial charge on any atom is 0.122 e. The number of nitrogens with zero attached hydrogens (tertiary/aromatic N) is 2. The molecule has 0 saturated carbocycles. The Balaban J connectivity index is 2.48. The predicted octanol–water partition coefficient (Wildman–Crippen LogP) is 0.0366. The normalized spacial score (nSPS) is 10.7. The first-order valence-electron chi connectivity index (χ1n) is 4.78. The van der Waals surface area contributed by atoms with Crippen molar-refractivity contribution in [2.24, 2.45) is 0 Å². The first kappa shape index (κ1) is 11.0. The number of rotatable bonds is 6. The molecule has 0 aliphatic carbocycles. The van der Waals surface area contributed by atoms with Crippen LogP contribution in [0.5, 0.6) is 0 Å². The summed E-state index contributed by atoms with van der Waals surface area (Å²) in [7, 11) is 0. The van der Waals surface area contributed by atoms with Crippen LogP contribution in [0.2, 0.25) is 0 Å². The highest BCUT2D eigenvalue weighted by Crippen LogP contribution is 2.06. The van der Waals surface area contributed by atoms with Gasteiger partial charge in [0.05, 0.1) is 25.5 Å². The van der Waals surface area contributed by atoms with Crippen LogP contribution in [-0.4, -0.2) is 34.7 Å². The molecule has 1 aromatic heterocycles. The largest absolute Gasteiger partial charge is 0.394 e. The third kappa shape index (κ3) is 3.01. The quantitative estimate of drug-likeness (QED) is 0.634. The summed E-state index contributed by atoms with van der Waals surface area (Å²) < 4.78 is 6.81. The van der Waals surface area contributed by atoms with Crippen LogP contribution >= 0.6 is 0 Å². The minimum Gasteiger partial charge on any atom is -0.394 e. The molecule has 0 unspecified atom stereocenters. The molecule has 0 aromatic carbocycles. The van der Waals surface area contributed by atoms with E-state index in [1.807, 2.05) is 13.0 Å². The lowest BCUT2D eigenvalue weighted by Gasteiger charge is -1.99. The first-order chi connectivity index (χ1) is 6.77. The molecular weight excluding hydrogens is 182 g/mol. The predicted molar refractivity (Wildman–Crippen MR) is 53.9 cm³/mol. The van der Waals surface area contributed by atoms with E-state index in [4.69, 9.17) is 15.6 Å². The zero-order valence-electron chi connectivity index (χ0n) is 8.44. The zero-order chi connectivity index (χ0) is 10.4. The van der Waals surface area contributed by atoms with Gasteiger partial charge in [0.1, 0.15) is 5.82 Å². The Morgan fingerprint density at radius 1 is 1.64 bits per heavy atom. The van der Waals surface area contributed by atoms with Crippen LogP contribution in [0, 0.1) is 0 Å². The fraction of sp³-hybridized carbons (Fsp3) is 0.667. The number of nitrogen functional groups attached to an aromatic ring is 1. The van der Waals surface area contributed by atoms with Crippen molar-refractivity contribution in [3.05, 3.63) is 11.8 Å². The monoisotopic (exact) mass is 199 g/mol. The van der Waals surface area contributed by atoms with Gasteiger partial charge < -0.3 is 15.6 Å². The molecule has 5 heteroatoms. The molecule has 3 N–H and O–H groups in total. The van der Waals surface area contributed by atoms with Gasteiger partial charge in [-0.25, -0.2) is 4.68 Å². The molecule has 0 bridgehead atoms. The molecule has 5 nitrogen and oxygen atoms in total. The Hall–Kier alpha value is -1.07. The number of aromatic nitrogens is 2. The summed E-state index contributed by atoms with van der Waals surface area (Å²) in [6.45, 7) is 3.83. The van der Waals surface area contributed by atoms with Crippen LogP contribution in [0.1, 0.15) is 12.6 Å². The highest BCUT2D eigenvalue weighted by atomic mass is 16.5. The number of ether oxygens (including phenoxy) is 1. The summed E-state index contributed by atoms with van der Waals surface area (Å²) in [5.74, 6) is 0.588. The van der Waals surface area contributed by atoms with Crippen LogP contribution in [0.4, 0.5) is 5.82 Å². The second-order valence-corrected chi connectivity index (χ2v) is 2.95. The number of nitrogens with two attached hydrogens (primary N) is 1. The van der Waals surface area contributed by atoms with Crippen molar-refractivity contribution in [1.29, 1.82) is 0 Å². The molecule has 0 amide bonds. The molecule has 0 radical (unpaired) electrons. The van der Waals surface area contributed by atoms with Gasteiger partial charge in [-0.1, -0.05) is 0 Å². The maximum atomic E-state index is 8.73. The smallest absolute Gasteiger partial charge is 0.122 e. The second kappa shape index (κ2) is 5.62. The van der Waals surface area contributed by atoms with E-state index in [0.717, 1.165) is 12.1 Å². The molecule has 80 valence electrons. The van der Waals surface area contributed by atoms with E-state index in [0.29, 0.717) is 25.6 Å². The van der Waals surface area contributed by atoms with Crippen LogP contribution in [0.25, 0.3) is 0 Å². The standard InChI is InChI=1S/C9H17N3O2/c1-2-14-6-3-8-7-9(10)12(11-8)4-5-13/h7,13H,2-6,10H2,1H3. The molecule has 14 heavy (non-hydrogen) atoms. The topological polar surface area (TPSA) is 73.3 Å². The van der Waals surface area contributed by atoms with E-state index < -0.39 is 0 Å². The average Bonchev–Trinajstić information content (AvgIpc) is 2.49. The van der Waals surface area contributed by atoms with Crippen LogP contribution in [0.3, 0.4) is 0 Å². The Morgan fingerprint density at radius 3 is 3.07 bits per heavy atom. The lowest BCUT2D eigenvalue weighted by Crippen LogP contribution is -2.08. The summed E-state index contributed by atoms with van der Waals surface area (Å²) in [5, 5.41) is 12.9. The van der Waals surface area contributed by atoms with E-state index in [-0.39, 0.29) is 6.61 Å². The van der Waals surface area contributed by atoms with Gasteiger partial charge in [0, 0.05) is 19.1 Å². The minimum absolute atomic E-state index is 0.0524. The van der Waals surface area contributed by atoms with E-state index in [2.05, 4.69) is 5.10 Å². The lowest BCUT2D eigenvalue weighted by atomic mass is 10.3. The lowest BCUT2D eigenvalue weighted by molar-refractivity contribution is 0.150. The molecule has 0 aliphatic rings. The van der Waals surface area contributed by atoms with E-state index >= 15 is 0 Å². The Labute approximate surface area is 83.5 Å². The highest BCUT2D eigenvalue weighted by Gasteiger charge is 2.03. The Kier molecular flexibility index (Phi) is 4.42. The van der Waals surface area contributed by atoms with Crippen molar-refractivity contribution in [1.82, 2.24) is 9.78 Å². The molecular formula is C9H17N3O2. The summed E-state index contributed by atoms with van der Waals surface area (Å²) >= 11 is 0. The number of aliphatic hydroxyl groups excluding tert-OH is 1. The summed E-state index contributed by atoms with van der Waals surface area (Å²) in [4.78, 5) is 0.